The number of benzene rings is 2. The highest BCUT2D eigenvalue weighted by Crippen LogP contribution is 2.27. The third-order valence-electron chi connectivity index (χ3n) is 4.76. The van der Waals surface area contributed by atoms with Crippen LogP contribution in [0.25, 0.3) is 0 Å². The van der Waals surface area contributed by atoms with Crippen LogP contribution in [-0.4, -0.2) is 57.4 Å². The van der Waals surface area contributed by atoms with Crippen LogP contribution < -0.4 is 9.47 Å². The molecule has 6 heteroatoms. The van der Waals surface area contributed by atoms with Crippen LogP contribution >= 0.6 is 0 Å². The second-order valence-corrected chi connectivity index (χ2v) is 6.79. The van der Waals surface area contributed by atoms with E-state index in [9.17, 15) is 4.79 Å². The van der Waals surface area contributed by atoms with Crippen molar-refractivity contribution in [3.8, 4) is 11.5 Å². The maximum absolute atomic E-state index is 11.5. The molecule has 2 aromatic carbocycles. The molecule has 0 amide bonds. The van der Waals surface area contributed by atoms with Crippen molar-refractivity contribution in [3.05, 3.63) is 59.7 Å². The van der Waals surface area contributed by atoms with Gasteiger partial charge in [0, 0.05) is 24.7 Å². The first-order chi connectivity index (χ1) is 13.7. The van der Waals surface area contributed by atoms with Crippen molar-refractivity contribution in [2.75, 3.05) is 40.6 Å². The van der Waals surface area contributed by atoms with Gasteiger partial charge in [0.1, 0.15) is 24.7 Å². The van der Waals surface area contributed by atoms with E-state index >= 15 is 0 Å². The van der Waals surface area contributed by atoms with Gasteiger partial charge in [-0.05, 0) is 11.6 Å². The lowest BCUT2D eigenvalue weighted by Crippen LogP contribution is -2.43. The summed E-state index contributed by atoms with van der Waals surface area (Å²) in [4.78, 5) is 13.8. The summed E-state index contributed by atoms with van der Waals surface area (Å²) >= 11 is 0. The standard InChI is InChI=1S/C22H27NO5/c1-25-21-9-8-18(22(10-21)26-2)12-23(11-17-6-4-3-5-7-17)19-13-27-15-20(24)16-28-14-19/h3-10,19H,11-16H2,1-2H3. The van der Waals surface area contributed by atoms with Crippen molar-refractivity contribution in [1.82, 2.24) is 4.90 Å². The van der Waals surface area contributed by atoms with Crippen molar-refractivity contribution in [1.29, 1.82) is 0 Å². The average molecular weight is 385 g/mol. The van der Waals surface area contributed by atoms with Crippen LogP contribution in [0.5, 0.6) is 11.5 Å². The van der Waals surface area contributed by atoms with Crippen LogP contribution in [0.4, 0.5) is 0 Å². The second-order valence-electron chi connectivity index (χ2n) is 6.79. The van der Waals surface area contributed by atoms with Crippen LogP contribution in [0.15, 0.2) is 48.5 Å². The number of Topliss-reactive ketones (excluding diaryl/α,β-unsaturated/α-hetero) is 1. The molecule has 0 saturated carbocycles. The minimum absolute atomic E-state index is 0.0233. The SMILES string of the molecule is COc1ccc(CN(Cc2ccccc2)C2COCC(=O)COC2)c(OC)c1. The first kappa shape index (κ1) is 20.3. The third-order valence-corrected chi connectivity index (χ3v) is 4.76. The molecule has 3 rings (SSSR count). The van der Waals surface area contributed by atoms with Gasteiger partial charge in [-0.25, -0.2) is 0 Å². The molecular weight excluding hydrogens is 358 g/mol. The largest absolute Gasteiger partial charge is 0.497 e. The molecule has 0 spiro atoms. The van der Waals surface area contributed by atoms with Crippen molar-refractivity contribution in [2.45, 2.75) is 19.1 Å². The summed E-state index contributed by atoms with van der Waals surface area (Å²) in [6, 6.07) is 16.1. The number of hydrogen-bond acceptors (Lipinski definition) is 6. The van der Waals surface area contributed by atoms with Gasteiger partial charge in [0.2, 0.25) is 0 Å². The molecule has 2 aromatic rings. The number of ketones is 1. The highest BCUT2D eigenvalue weighted by Gasteiger charge is 2.24. The molecule has 1 aliphatic heterocycles. The fourth-order valence-electron chi connectivity index (χ4n) is 3.25. The third kappa shape index (κ3) is 5.55. The summed E-state index contributed by atoms with van der Waals surface area (Å²) in [5.41, 5.74) is 2.26. The number of carbonyl (C=O) groups excluding carboxylic acids is 1. The van der Waals surface area contributed by atoms with Gasteiger partial charge in [0.05, 0.1) is 33.5 Å². The van der Waals surface area contributed by atoms with Gasteiger partial charge in [-0.1, -0.05) is 36.4 Å². The number of ether oxygens (including phenoxy) is 4. The monoisotopic (exact) mass is 385 g/mol. The second kappa shape index (κ2) is 10.2. The van der Waals surface area contributed by atoms with E-state index in [0.717, 1.165) is 23.6 Å². The first-order valence-corrected chi connectivity index (χ1v) is 9.35. The van der Waals surface area contributed by atoms with E-state index in [4.69, 9.17) is 18.9 Å². The molecule has 0 N–H and O–H groups in total. The fourth-order valence-corrected chi connectivity index (χ4v) is 3.25. The Bertz CT molecular complexity index is 753. The lowest BCUT2D eigenvalue weighted by atomic mass is 10.1. The van der Waals surface area contributed by atoms with E-state index in [0.29, 0.717) is 19.8 Å². The van der Waals surface area contributed by atoms with Gasteiger partial charge < -0.3 is 18.9 Å². The molecule has 1 aliphatic rings. The molecule has 150 valence electrons. The minimum Gasteiger partial charge on any atom is -0.497 e. The summed E-state index contributed by atoms with van der Waals surface area (Å²) in [5.74, 6) is 1.51. The minimum atomic E-state index is -0.0233. The molecular formula is C22H27NO5. The van der Waals surface area contributed by atoms with Crippen molar-refractivity contribution in [3.63, 3.8) is 0 Å². The summed E-state index contributed by atoms with van der Waals surface area (Å²) < 4.78 is 22.1. The van der Waals surface area contributed by atoms with E-state index in [-0.39, 0.29) is 25.0 Å². The fraction of sp³-hybridized carbons (Fsp3) is 0.409. The molecule has 0 radical (unpaired) electrons. The van der Waals surface area contributed by atoms with Gasteiger partial charge in [-0.15, -0.1) is 0 Å². The summed E-state index contributed by atoms with van der Waals surface area (Å²) in [5, 5.41) is 0. The number of methoxy groups -OCH3 is 2. The van der Waals surface area contributed by atoms with Crippen LogP contribution in [0, 0.1) is 0 Å². The van der Waals surface area contributed by atoms with E-state index in [1.165, 1.54) is 5.56 Å². The number of rotatable bonds is 7. The Morgan fingerprint density at radius 3 is 2.32 bits per heavy atom. The maximum Gasteiger partial charge on any atom is 0.183 e. The molecule has 0 aliphatic carbocycles. The van der Waals surface area contributed by atoms with Gasteiger partial charge in [-0.3, -0.25) is 9.69 Å². The van der Waals surface area contributed by atoms with E-state index in [2.05, 4.69) is 17.0 Å². The van der Waals surface area contributed by atoms with Gasteiger partial charge in [0.15, 0.2) is 5.78 Å². The summed E-state index contributed by atoms with van der Waals surface area (Å²) in [6.07, 6.45) is 0. The maximum atomic E-state index is 11.5. The Kier molecular flexibility index (Phi) is 7.42. The lowest BCUT2D eigenvalue weighted by molar-refractivity contribution is -0.134. The number of hydrogen-bond donors (Lipinski definition) is 0. The van der Waals surface area contributed by atoms with Gasteiger partial charge >= 0.3 is 0 Å². The Labute approximate surface area is 166 Å². The van der Waals surface area contributed by atoms with Crippen LogP contribution in [0.1, 0.15) is 11.1 Å². The van der Waals surface area contributed by atoms with Crippen molar-refractivity contribution < 1.29 is 23.7 Å². The Hall–Kier alpha value is -2.41. The highest BCUT2D eigenvalue weighted by atomic mass is 16.5. The smallest absolute Gasteiger partial charge is 0.183 e. The van der Waals surface area contributed by atoms with Crippen LogP contribution in [0.3, 0.4) is 0 Å². The van der Waals surface area contributed by atoms with Crippen molar-refractivity contribution >= 4 is 5.78 Å². The zero-order chi connectivity index (χ0) is 19.8. The van der Waals surface area contributed by atoms with E-state index in [1.807, 2.05) is 36.4 Å². The molecule has 0 unspecified atom stereocenters. The Balaban J connectivity index is 1.82. The number of nitrogens with zero attached hydrogens (tertiary/aromatic N) is 1. The molecule has 1 heterocycles. The predicted octanol–water partition coefficient (Wildman–Crippen LogP) is 2.69. The van der Waals surface area contributed by atoms with E-state index in [1.54, 1.807) is 14.2 Å². The summed E-state index contributed by atoms with van der Waals surface area (Å²) in [7, 11) is 3.30. The first-order valence-electron chi connectivity index (χ1n) is 9.35. The van der Waals surface area contributed by atoms with Gasteiger partial charge in [0.25, 0.3) is 0 Å². The topological polar surface area (TPSA) is 57.2 Å². The predicted molar refractivity (Wildman–Crippen MR) is 106 cm³/mol. The molecule has 1 saturated heterocycles. The Morgan fingerprint density at radius 1 is 0.964 bits per heavy atom. The molecule has 0 aromatic heterocycles. The lowest BCUT2D eigenvalue weighted by Gasteiger charge is -2.33. The zero-order valence-electron chi connectivity index (χ0n) is 16.4. The Morgan fingerprint density at radius 2 is 1.68 bits per heavy atom. The normalized spacial score (nSPS) is 15.9. The quantitative estimate of drug-likeness (QED) is 0.730. The molecule has 0 atom stereocenters. The molecule has 6 nitrogen and oxygen atoms in total. The summed E-state index contributed by atoms with van der Waals surface area (Å²) in [6.45, 7) is 2.48. The van der Waals surface area contributed by atoms with Crippen LogP contribution in [-0.2, 0) is 27.4 Å². The van der Waals surface area contributed by atoms with Crippen molar-refractivity contribution in [2.24, 2.45) is 0 Å². The molecule has 28 heavy (non-hydrogen) atoms. The van der Waals surface area contributed by atoms with Crippen LogP contribution in [0.2, 0.25) is 0 Å². The molecule has 0 bridgehead atoms. The zero-order valence-corrected chi connectivity index (χ0v) is 16.4. The molecule has 1 fully saturated rings. The average Bonchev–Trinajstić information content (AvgIpc) is 2.71. The highest BCUT2D eigenvalue weighted by molar-refractivity contribution is 5.80. The number of carbonyl (C=O) groups is 1. The van der Waals surface area contributed by atoms with E-state index < -0.39 is 0 Å². The van der Waals surface area contributed by atoms with Gasteiger partial charge in [-0.2, -0.15) is 0 Å².